The Morgan fingerprint density at radius 2 is 1.21 bits per heavy atom. The molecule has 3 aromatic rings. The van der Waals surface area contributed by atoms with Gasteiger partial charge in [-0.1, -0.05) is 82.8 Å². The molecular weight excluding hydrogens is 386 g/mol. The van der Waals surface area contributed by atoms with Crippen LogP contribution in [0, 0.1) is 0 Å². The van der Waals surface area contributed by atoms with Gasteiger partial charge in [-0.25, -0.2) is 0 Å². The van der Waals surface area contributed by atoms with Gasteiger partial charge in [-0.15, -0.1) is 0 Å². The van der Waals surface area contributed by atoms with Crippen molar-refractivity contribution in [3.63, 3.8) is 0 Å². The second-order valence-electron chi connectivity index (χ2n) is 4.76. The van der Waals surface area contributed by atoms with E-state index in [4.69, 9.17) is 46.4 Å². The Morgan fingerprint density at radius 1 is 0.625 bits per heavy atom. The van der Waals surface area contributed by atoms with Crippen molar-refractivity contribution in [2.45, 2.75) is 0 Å². The Morgan fingerprint density at radius 3 is 1.75 bits per heavy atom. The van der Waals surface area contributed by atoms with Crippen LogP contribution in [-0.2, 0) is 0 Å². The first-order chi connectivity index (χ1) is 11.5. The van der Waals surface area contributed by atoms with Gasteiger partial charge in [-0.3, -0.25) is 4.79 Å². The molecular formula is C19H12Cl4O. The van der Waals surface area contributed by atoms with E-state index in [0.29, 0.717) is 31.2 Å². The van der Waals surface area contributed by atoms with Crippen LogP contribution in [0.25, 0.3) is 0 Å². The molecule has 0 radical (unpaired) electrons. The fourth-order valence-corrected chi connectivity index (χ4v) is 2.69. The zero-order valence-electron chi connectivity index (χ0n) is 12.3. The molecule has 24 heavy (non-hydrogen) atoms. The lowest BCUT2D eigenvalue weighted by Gasteiger charge is -2.03. The Bertz CT molecular complexity index is 815. The molecule has 3 rings (SSSR count). The predicted octanol–water partition coefficient (Wildman–Crippen LogP) is 7.22. The molecule has 0 aliphatic heterocycles. The van der Waals surface area contributed by atoms with Crippen LogP contribution in [0.4, 0.5) is 0 Å². The molecule has 0 saturated carbocycles. The van der Waals surface area contributed by atoms with E-state index in [1.807, 2.05) is 24.3 Å². The van der Waals surface area contributed by atoms with Gasteiger partial charge in [0, 0.05) is 26.2 Å². The van der Waals surface area contributed by atoms with Gasteiger partial charge >= 0.3 is 0 Å². The van der Waals surface area contributed by atoms with Gasteiger partial charge in [0.2, 0.25) is 0 Å². The summed E-state index contributed by atoms with van der Waals surface area (Å²) < 4.78 is 0. The van der Waals surface area contributed by atoms with Gasteiger partial charge in [-0.2, -0.15) is 0 Å². The molecule has 0 saturated heterocycles. The Hall–Kier alpha value is -1.51. The molecule has 0 amide bonds. The topological polar surface area (TPSA) is 17.1 Å². The predicted molar refractivity (Wildman–Crippen MR) is 103 cm³/mol. The fraction of sp³-hybridized carbons (Fsp3) is 0. The summed E-state index contributed by atoms with van der Waals surface area (Å²) in [6, 6.07) is 20.9. The second kappa shape index (κ2) is 9.10. The van der Waals surface area contributed by atoms with Crippen LogP contribution in [0.1, 0.15) is 15.9 Å². The van der Waals surface area contributed by atoms with E-state index in [0.717, 1.165) is 0 Å². The van der Waals surface area contributed by atoms with Crippen LogP contribution < -0.4 is 0 Å². The Labute approximate surface area is 160 Å². The number of rotatable bonds is 2. The lowest BCUT2D eigenvalue weighted by atomic mass is 10.0. The molecule has 0 fully saturated rings. The zero-order valence-corrected chi connectivity index (χ0v) is 15.4. The highest BCUT2D eigenvalue weighted by atomic mass is 35.5. The van der Waals surface area contributed by atoms with Crippen molar-refractivity contribution in [3.05, 3.63) is 104 Å². The highest BCUT2D eigenvalue weighted by Gasteiger charge is 2.12. The van der Waals surface area contributed by atoms with Crippen molar-refractivity contribution >= 4 is 52.2 Å². The Balaban J connectivity index is 0.000000219. The first kappa shape index (κ1) is 18.8. The average Bonchev–Trinajstić information content (AvgIpc) is 2.57. The van der Waals surface area contributed by atoms with E-state index < -0.39 is 0 Å². The summed E-state index contributed by atoms with van der Waals surface area (Å²) in [5, 5.41) is 2.27. The normalized spacial score (nSPS) is 9.83. The van der Waals surface area contributed by atoms with Gasteiger partial charge in [0.05, 0.1) is 5.02 Å². The van der Waals surface area contributed by atoms with Crippen LogP contribution in [0.2, 0.25) is 20.1 Å². The largest absolute Gasteiger partial charge is 0.289 e. The van der Waals surface area contributed by atoms with Crippen LogP contribution in [0.3, 0.4) is 0 Å². The zero-order chi connectivity index (χ0) is 17.5. The summed E-state index contributed by atoms with van der Waals surface area (Å²) in [6.07, 6.45) is 0. The molecule has 0 unspecified atom stereocenters. The maximum Gasteiger partial charge on any atom is 0.194 e. The van der Waals surface area contributed by atoms with Crippen molar-refractivity contribution in [1.82, 2.24) is 0 Å². The minimum absolute atomic E-state index is 0.117. The standard InChI is InChI=1S/C13H8Cl2O.C6H4Cl2/c14-10-6-7-12(15)11(8-10)13(16)9-4-2-1-3-5-9;7-5-2-1-3-6(8)4-5/h1-8H;1-4H. The van der Waals surface area contributed by atoms with Crippen molar-refractivity contribution in [1.29, 1.82) is 0 Å². The lowest BCUT2D eigenvalue weighted by molar-refractivity contribution is 0.103. The molecule has 1 nitrogen and oxygen atoms in total. The first-order valence-corrected chi connectivity index (χ1v) is 8.44. The number of hydrogen-bond acceptors (Lipinski definition) is 1. The molecule has 0 spiro atoms. The van der Waals surface area contributed by atoms with Gasteiger partial charge in [0.15, 0.2) is 5.78 Å². The van der Waals surface area contributed by atoms with Crippen molar-refractivity contribution in [2.75, 3.05) is 0 Å². The summed E-state index contributed by atoms with van der Waals surface area (Å²) >= 11 is 22.9. The highest BCUT2D eigenvalue weighted by molar-refractivity contribution is 6.36. The molecule has 0 aliphatic carbocycles. The molecule has 0 N–H and O–H groups in total. The highest BCUT2D eigenvalue weighted by Crippen LogP contribution is 2.23. The van der Waals surface area contributed by atoms with Crippen LogP contribution in [-0.4, -0.2) is 5.78 Å². The number of carbonyl (C=O) groups is 1. The van der Waals surface area contributed by atoms with E-state index in [1.165, 1.54) is 0 Å². The van der Waals surface area contributed by atoms with Crippen molar-refractivity contribution in [3.8, 4) is 0 Å². The molecule has 0 aliphatic rings. The summed E-state index contributed by atoms with van der Waals surface area (Å²) in [4.78, 5) is 12.1. The SMILES string of the molecule is Clc1cccc(Cl)c1.O=C(c1ccccc1)c1cc(Cl)ccc1Cl. The summed E-state index contributed by atoms with van der Waals surface area (Å²) in [7, 11) is 0. The third kappa shape index (κ3) is 5.54. The van der Waals surface area contributed by atoms with Gasteiger partial charge in [-0.05, 0) is 36.4 Å². The fourth-order valence-electron chi connectivity index (χ4n) is 1.88. The minimum Gasteiger partial charge on any atom is -0.289 e. The molecule has 0 heterocycles. The summed E-state index contributed by atoms with van der Waals surface area (Å²) in [6.45, 7) is 0. The number of benzene rings is 3. The first-order valence-electron chi connectivity index (χ1n) is 6.93. The number of carbonyl (C=O) groups excluding carboxylic acids is 1. The monoisotopic (exact) mass is 396 g/mol. The van der Waals surface area contributed by atoms with E-state index in [9.17, 15) is 4.79 Å². The lowest BCUT2D eigenvalue weighted by Crippen LogP contribution is -2.01. The van der Waals surface area contributed by atoms with E-state index in [2.05, 4.69) is 0 Å². The molecule has 122 valence electrons. The average molecular weight is 398 g/mol. The molecule has 5 heteroatoms. The summed E-state index contributed by atoms with van der Waals surface area (Å²) in [5.41, 5.74) is 1.03. The maximum atomic E-state index is 12.1. The second-order valence-corrected chi connectivity index (χ2v) is 6.48. The van der Waals surface area contributed by atoms with Crippen molar-refractivity contribution < 1.29 is 4.79 Å². The number of ketones is 1. The van der Waals surface area contributed by atoms with Crippen LogP contribution in [0.15, 0.2) is 72.8 Å². The van der Waals surface area contributed by atoms with E-state index >= 15 is 0 Å². The smallest absolute Gasteiger partial charge is 0.194 e. The Kier molecular flexibility index (Phi) is 7.14. The quantitative estimate of drug-likeness (QED) is 0.417. The molecule has 0 aromatic heterocycles. The number of halogens is 4. The van der Waals surface area contributed by atoms with E-state index in [-0.39, 0.29) is 5.78 Å². The third-order valence-corrected chi connectivity index (χ3v) is 4.03. The summed E-state index contributed by atoms with van der Waals surface area (Å²) in [5.74, 6) is -0.117. The minimum atomic E-state index is -0.117. The van der Waals surface area contributed by atoms with Crippen LogP contribution >= 0.6 is 46.4 Å². The maximum absolute atomic E-state index is 12.1. The van der Waals surface area contributed by atoms with Gasteiger partial charge in [0.1, 0.15) is 0 Å². The van der Waals surface area contributed by atoms with Crippen molar-refractivity contribution in [2.24, 2.45) is 0 Å². The molecule has 3 aromatic carbocycles. The van der Waals surface area contributed by atoms with E-state index in [1.54, 1.807) is 48.5 Å². The van der Waals surface area contributed by atoms with Crippen LogP contribution in [0.5, 0.6) is 0 Å². The number of hydrogen-bond donors (Lipinski definition) is 0. The molecule has 0 bridgehead atoms. The van der Waals surface area contributed by atoms with Gasteiger partial charge in [0.25, 0.3) is 0 Å². The third-order valence-electron chi connectivity index (χ3n) is 3.00. The molecule has 0 atom stereocenters. The van der Waals surface area contributed by atoms with Gasteiger partial charge < -0.3 is 0 Å².